The van der Waals surface area contributed by atoms with Crippen LogP contribution in [0.2, 0.25) is 0 Å². The minimum atomic E-state index is -4.18. The molecule has 0 aliphatic rings. The lowest BCUT2D eigenvalue weighted by atomic mass is 10.3. The van der Waals surface area contributed by atoms with Crippen molar-refractivity contribution < 1.29 is 22.7 Å². The lowest BCUT2D eigenvalue weighted by Crippen LogP contribution is -2.28. The SMILES string of the molecule is C=C(CN(C)CCC(F)(F)F)C(=O)OCC. The molecule has 0 saturated heterocycles. The van der Waals surface area contributed by atoms with Crippen molar-refractivity contribution in [3.05, 3.63) is 12.2 Å². The molecule has 0 aliphatic heterocycles. The van der Waals surface area contributed by atoms with Crippen molar-refractivity contribution in [1.29, 1.82) is 0 Å². The lowest BCUT2D eigenvalue weighted by Gasteiger charge is -2.18. The number of ether oxygens (including phenoxy) is 1. The summed E-state index contributed by atoms with van der Waals surface area (Å²) in [5.74, 6) is -0.568. The van der Waals surface area contributed by atoms with E-state index < -0.39 is 18.6 Å². The minimum absolute atomic E-state index is 0.0783. The molecule has 0 fully saturated rings. The highest BCUT2D eigenvalue weighted by molar-refractivity contribution is 5.88. The second kappa shape index (κ2) is 6.52. The number of rotatable bonds is 6. The van der Waals surface area contributed by atoms with E-state index in [1.165, 1.54) is 11.9 Å². The molecule has 0 amide bonds. The first-order valence-electron chi connectivity index (χ1n) is 4.86. The van der Waals surface area contributed by atoms with Crippen LogP contribution in [-0.4, -0.2) is 43.8 Å². The standard InChI is InChI=1S/C10H16F3NO2/c1-4-16-9(15)8(2)7-14(3)6-5-10(11,12)13/h2,4-7H2,1,3H3. The third-order valence-electron chi connectivity index (χ3n) is 1.80. The zero-order valence-electron chi connectivity index (χ0n) is 9.43. The van der Waals surface area contributed by atoms with E-state index in [9.17, 15) is 18.0 Å². The molecule has 0 rings (SSSR count). The highest BCUT2D eigenvalue weighted by Crippen LogP contribution is 2.19. The Hall–Kier alpha value is -1.04. The zero-order valence-corrected chi connectivity index (χ0v) is 9.43. The van der Waals surface area contributed by atoms with E-state index in [1.54, 1.807) is 6.92 Å². The normalized spacial score (nSPS) is 11.6. The third-order valence-corrected chi connectivity index (χ3v) is 1.80. The quantitative estimate of drug-likeness (QED) is 0.524. The highest BCUT2D eigenvalue weighted by Gasteiger charge is 2.27. The Balaban J connectivity index is 3.91. The van der Waals surface area contributed by atoms with Gasteiger partial charge in [0.25, 0.3) is 0 Å². The van der Waals surface area contributed by atoms with E-state index in [4.69, 9.17) is 0 Å². The van der Waals surface area contributed by atoms with Crippen LogP contribution >= 0.6 is 0 Å². The Kier molecular flexibility index (Phi) is 6.10. The first-order chi connectivity index (χ1) is 7.26. The second-order valence-corrected chi connectivity index (χ2v) is 3.43. The van der Waals surface area contributed by atoms with Crippen LogP contribution in [0.15, 0.2) is 12.2 Å². The first kappa shape index (κ1) is 15.0. The van der Waals surface area contributed by atoms with Crippen LogP contribution in [0, 0.1) is 0 Å². The van der Waals surface area contributed by atoms with Gasteiger partial charge in [-0.05, 0) is 14.0 Å². The molecule has 6 heteroatoms. The number of nitrogens with zero attached hydrogens (tertiary/aromatic N) is 1. The van der Waals surface area contributed by atoms with E-state index in [0.717, 1.165) is 0 Å². The molecule has 0 aliphatic carbocycles. The molecule has 0 atom stereocenters. The van der Waals surface area contributed by atoms with E-state index in [-0.39, 0.29) is 25.3 Å². The Morgan fingerprint density at radius 2 is 2.00 bits per heavy atom. The summed E-state index contributed by atoms with van der Waals surface area (Å²) in [6, 6.07) is 0. The molecule has 0 aromatic rings. The van der Waals surface area contributed by atoms with Crippen molar-refractivity contribution in [3.8, 4) is 0 Å². The van der Waals surface area contributed by atoms with Crippen LogP contribution in [0.4, 0.5) is 13.2 Å². The van der Waals surface area contributed by atoms with E-state index in [2.05, 4.69) is 11.3 Å². The second-order valence-electron chi connectivity index (χ2n) is 3.43. The van der Waals surface area contributed by atoms with Gasteiger partial charge in [-0.3, -0.25) is 0 Å². The maximum absolute atomic E-state index is 11.9. The van der Waals surface area contributed by atoms with Gasteiger partial charge >= 0.3 is 12.1 Å². The van der Waals surface area contributed by atoms with Gasteiger partial charge < -0.3 is 9.64 Å². The molecule has 3 nitrogen and oxygen atoms in total. The zero-order chi connectivity index (χ0) is 12.8. The predicted octanol–water partition coefficient (Wildman–Crippen LogP) is 1.99. The van der Waals surface area contributed by atoms with Gasteiger partial charge in [0, 0.05) is 18.7 Å². The lowest BCUT2D eigenvalue weighted by molar-refractivity contribution is -0.139. The van der Waals surface area contributed by atoms with Gasteiger partial charge in [0.15, 0.2) is 0 Å². The molecule has 0 aromatic heterocycles. The maximum Gasteiger partial charge on any atom is 0.390 e. The number of carbonyl (C=O) groups excluding carboxylic acids is 1. The predicted molar refractivity (Wildman–Crippen MR) is 53.9 cm³/mol. The van der Waals surface area contributed by atoms with Crippen molar-refractivity contribution in [2.24, 2.45) is 0 Å². The molecule has 94 valence electrons. The van der Waals surface area contributed by atoms with E-state index in [1.807, 2.05) is 0 Å². The molecule has 0 saturated carbocycles. The summed E-state index contributed by atoms with van der Waals surface area (Å²) in [5, 5.41) is 0. The first-order valence-corrected chi connectivity index (χ1v) is 4.86. The van der Waals surface area contributed by atoms with Crippen LogP contribution in [0.3, 0.4) is 0 Å². The van der Waals surface area contributed by atoms with Crippen molar-refractivity contribution in [3.63, 3.8) is 0 Å². The topological polar surface area (TPSA) is 29.5 Å². The van der Waals surface area contributed by atoms with Crippen LogP contribution in [-0.2, 0) is 9.53 Å². The Morgan fingerprint density at radius 3 is 2.44 bits per heavy atom. The Labute approximate surface area is 92.9 Å². The number of likely N-dealkylation sites (N-methyl/N-ethyl adjacent to an activating group) is 1. The van der Waals surface area contributed by atoms with Gasteiger partial charge in [0.05, 0.1) is 13.0 Å². The molecule has 0 radical (unpaired) electrons. The average Bonchev–Trinajstić information content (AvgIpc) is 2.14. The van der Waals surface area contributed by atoms with Gasteiger partial charge in [-0.2, -0.15) is 13.2 Å². The smallest absolute Gasteiger partial charge is 0.390 e. The van der Waals surface area contributed by atoms with Crippen LogP contribution in [0.25, 0.3) is 0 Å². The third kappa shape index (κ3) is 7.28. The molecular weight excluding hydrogens is 223 g/mol. The number of alkyl halides is 3. The fraction of sp³-hybridized carbons (Fsp3) is 0.700. The monoisotopic (exact) mass is 239 g/mol. The number of carbonyl (C=O) groups is 1. The van der Waals surface area contributed by atoms with E-state index in [0.29, 0.717) is 0 Å². The molecule has 0 aromatic carbocycles. The minimum Gasteiger partial charge on any atom is -0.463 e. The van der Waals surface area contributed by atoms with Crippen molar-refractivity contribution in [1.82, 2.24) is 4.90 Å². The summed E-state index contributed by atoms with van der Waals surface area (Å²) in [4.78, 5) is 12.5. The summed E-state index contributed by atoms with van der Waals surface area (Å²) in [6.07, 6.45) is -5.08. The molecule has 0 spiro atoms. The number of halogens is 3. The van der Waals surface area contributed by atoms with Gasteiger partial charge in [-0.15, -0.1) is 0 Å². The fourth-order valence-corrected chi connectivity index (χ4v) is 1.02. The Morgan fingerprint density at radius 1 is 1.44 bits per heavy atom. The van der Waals surface area contributed by atoms with E-state index >= 15 is 0 Å². The van der Waals surface area contributed by atoms with Gasteiger partial charge in [-0.25, -0.2) is 4.79 Å². The largest absolute Gasteiger partial charge is 0.463 e. The molecular formula is C10H16F3NO2. The van der Waals surface area contributed by atoms with Crippen molar-refractivity contribution in [2.75, 3.05) is 26.7 Å². The molecule has 0 heterocycles. The summed E-state index contributed by atoms with van der Waals surface area (Å²) in [5.41, 5.74) is 0.159. The van der Waals surface area contributed by atoms with Crippen LogP contribution in [0.1, 0.15) is 13.3 Å². The highest BCUT2D eigenvalue weighted by atomic mass is 19.4. The molecule has 0 N–H and O–H groups in total. The molecule has 0 bridgehead atoms. The number of hydrogen-bond acceptors (Lipinski definition) is 3. The average molecular weight is 239 g/mol. The number of esters is 1. The fourth-order valence-electron chi connectivity index (χ4n) is 1.02. The van der Waals surface area contributed by atoms with Gasteiger partial charge in [0.1, 0.15) is 0 Å². The van der Waals surface area contributed by atoms with Crippen molar-refractivity contribution >= 4 is 5.97 Å². The molecule has 0 unspecified atom stereocenters. The summed E-state index contributed by atoms with van der Waals surface area (Å²) < 4.78 is 40.3. The maximum atomic E-state index is 11.9. The van der Waals surface area contributed by atoms with Gasteiger partial charge in [-0.1, -0.05) is 6.58 Å². The number of hydrogen-bond donors (Lipinski definition) is 0. The van der Waals surface area contributed by atoms with Crippen molar-refractivity contribution in [2.45, 2.75) is 19.5 Å². The summed E-state index contributed by atoms with van der Waals surface area (Å²) >= 11 is 0. The molecule has 16 heavy (non-hydrogen) atoms. The van der Waals surface area contributed by atoms with Crippen LogP contribution in [0.5, 0.6) is 0 Å². The van der Waals surface area contributed by atoms with Gasteiger partial charge in [0.2, 0.25) is 0 Å². The van der Waals surface area contributed by atoms with Crippen LogP contribution < -0.4 is 0 Å². The summed E-state index contributed by atoms with van der Waals surface area (Å²) in [6.45, 7) is 5.25. The summed E-state index contributed by atoms with van der Waals surface area (Å²) in [7, 11) is 1.50. The Bertz CT molecular complexity index is 251.